The molecule has 0 fully saturated rings. The molecule has 0 radical (unpaired) electrons. The van der Waals surface area contributed by atoms with Gasteiger partial charge in [-0.25, -0.2) is 21.6 Å². The molecule has 0 amide bonds. The number of fused-ring (bicyclic) bond motifs is 1. The summed E-state index contributed by atoms with van der Waals surface area (Å²) in [5.41, 5.74) is 0.399. The fraction of sp³-hybridized carbons (Fsp3) is 0.105. The minimum absolute atomic E-state index is 0.00860. The van der Waals surface area contributed by atoms with Gasteiger partial charge in [-0.15, -0.1) is 15.3 Å². The van der Waals surface area contributed by atoms with Crippen molar-refractivity contribution in [3.05, 3.63) is 72.3 Å². The van der Waals surface area contributed by atoms with Gasteiger partial charge in [-0.1, -0.05) is 12.1 Å². The predicted octanol–water partition coefficient (Wildman–Crippen LogP) is 3.82. The monoisotopic (exact) mass is 449 g/mol. The highest BCUT2D eigenvalue weighted by Gasteiger charge is 2.24. The third-order valence-electron chi connectivity index (χ3n) is 4.36. The largest absolute Gasteiger partial charge is 0.438 e. The maximum Gasteiger partial charge on any atom is 0.299 e. The van der Waals surface area contributed by atoms with Gasteiger partial charge in [0.05, 0.1) is 5.69 Å². The molecule has 0 spiro atoms. The van der Waals surface area contributed by atoms with E-state index in [1.807, 2.05) is 0 Å². The number of benzene rings is 2. The van der Waals surface area contributed by atoms with Crippen molar-refractivity contribution in [3.63, 3.8) is 0 Å². The molecule has 31 heavy (non-hydrogen) atoms. The van der Waals surface area contributed by atoms with Crippen molar-refractivity contribution in [2.24, 2.45) is 0 Å². The summed E-state index contributed by atoms with van der Waals surface area (Å²) in [7, 11) is -2.81. The summed E-state index contributed by atoms with van der Waals surface area (Å²) in [5, 5.41) is 10.9. The summed E-state index contributed by atoms with van der Waals surface area (Å²) in [6, 6.07) is 13.8. The molecule has 0 saturated heterocycles. The van der Waals surface area contributed by atoms with Gasteiger partial charge in [0.1, 0.15) is 16.5 Å². The molecular weight excluding hydrogens is 435 g/mol. The van der Waals surface area contributed by atoms with E-state index in [9.17, 15) is 21.6 Å². The zero-order valence-corrected chi connectivity index (χ0v) is 16.7. The smallest absolute Gasteiger partial charge is 0.299 e. The fourth-order valence-electron chi connectivity index (χ4n) is 2.76. The number of ether oxygens (including phenoxy) is 1. The van der Waals surface area contributed by atoms with Crippen molar-refractivity contribution in [1.82, 2.24) is 19.8 Å². The van der Waals surface area contributed by atoms with Crippen LogP contribution < -0.4 is 9.04 Å². The lowest BCUT2D eigenvalue weighted by atomic mass is 10.3. The average molecular weight is 449 g/mol. The number of alkyl halides is 2. The van der Waals surface area contributed by atoms with Crippen LogP contribution in [0.2, 0.25) is 0 Å². The van der Waals surface area contributed by atoms with Crippen molar-refractivity contribution < 1.29 is 26.3 Å². The molecule has 0 aliphatic rings. The van der Waals surface area contributed by atoms with E-state index >= 15 is 0 Å². The van der Waals surface area contributed by atoms with Crippen LogP contribution >= 0.6 is 0 Å². The third kappa shape index (κ3) is 3.89. The highest BCUT2D eigenvalue weighted by molar-refractivity contribution is 7.92. The SMILES string of the molecule is CN(c1ccc(Oc2ccc3nnc(C(F)F)n3n2)cc1)S(=O)(=O)c1ccccc1F. The van der Waals surface area contributed by atoms with Crippen LogP contribution in [0, 0.1) is 5.82 Å². The number of rotatable bonds is 6. The molecule has 4 rings (SSSR count). The molecule has 2 aromatic carbocycles. The van der Waals surface area contributed by atoms with Gasteiger partial charge in [-0.2, -0.15) is 4.52 Å². The Kier molecular flexibility index (Phi) is 5.23. The Morgan fingerprint density at radius 1 is 1.00 bits per heavy atom. The van der Waals surface area contributed by atoms with Crippen molar-refractivity contribution in [1.29, 1.82) is 0 Å². The van der Waals surface area contributed by atoms with E-state index in [2.05, 4.69) is 15.3 Å². The predicted molar refractivity (Wildman–Crippen MR) is 104 cm³/mol. The van der Waals surface area contributed by atoms with Crippen molar-refractivity contribution in [3.8, 4) is 11.6 Å². The second-order valence-corrected chi connectivity index (χ2v) is 8.24. The first-order valence-corrected chi connectivity index (χ1v) is 10.2. The molecule has 0 unspecified atom stereocenters. The van der Waals surface area contributed by atoms with Crippen LogP contribution in [0.25, 0.3) is 5.65 Å². The van der Waals surface area contributed by atoms with Crippen molar-refractivity contribution in [2.75, 3.05) is 11.4 Å². The van der Waals surface area contributed by atoms with Crippen LogP contribution in [0.3, 0.4) is 0 Å². The van der Waals surface area contributed by atoms with E-state index in [0.29, 0.717) is 0 Å². The van der Waals surface area contributed by atoms with Crippen molar-refractivity contribution >= 4 is 21.4 Å². The Bertz CT molecular complexity index is 1340. The lowest BCUT2D eigenvalue weighted by Crippen LogP contribution is -2.27. The Hall–Kier alpha value is -3.67. The van der Waals surface area contributed by atoms with Crippen LogP contribution in [0.4, 0.5) is 18.9 Å². The van der Waals surface area contributed by atoms with E-state index < -0.39 is 33.0 Å². The third-order valence-corrected chi connectivity index (χ3v) is 6.17. The minimum atomic E-state index is -4.11. The Morgan fingerprint density at radius 2 is 1.71 bits per heavy atom. The van der Waals surface area contributed by atoms with E-state index in [1.165, 1.54) is 61.6 Å². The Morgan fingerprint density at radius 3 is 2.39 bits per heavy atom. The quantitative estimate of drug-likeness (QED) is 0.445. The van der Waals surface area contributed by atoms with Gasteiger partial charge in [0.15, 0.2) is 5.65 Å². The molecule has 12 heteroatoms. The van der Waals surface area contributed by atoms with E-state index in [-0.39, 0.29) is 23.0 Å². The first-order valence-electron chi connectivity index (χ1n) is 8.79. The molecule has 0 aliphatic heterocycles. The van der Waals surface area contributed by atoms with Crippen LogP contribution in [0.1, 0.15) is 12.2 Å². The van der Waals surface area contributed by atoms with Gasteiger partial charge >= 0.3 is 0 Å². The van der Waals surface area contributed by atoms with E-state index in [0.717, 1.165) is 14.9 Å². The summed E-state index contributed by atoms with van der Waals surface area (Å²) in [6.45, 7) is 0. The summed E-state index contributed by atoms with van der Waals surface area (Å²) in [4.78, 5) is -0.445. The van der Waals surface area contributed by atoms with Crippen LogP contribution in [0.15, 0.2) is 65.6 Å². The zero-order valence-electron chi connectivity index (χ0n) is 15.9. The van der Waals surface area contributed by atoms with Gasteiger partial charge < -0.3 is 4.74 Å². The zero-order chi connectivity index (χ0) is 22.2. The molecule has 160 valence electrons. The van der Waals surface area contributed by atoms with Crippen molar-refractivity contribution in [2.45, 2.75) is 11.3 Å². The number of aromatic nitrogens is 4. The Balaban J connectivity index is 1.57. The molecule has 0 aliphatic carbocycles. The average Bonchev–Trinajstić information content (AvgIpc) is 3.17. The lowest BCUT2D eigenvalue weighted by Gasteiger charge is -2.20. The standard InChI is InChI=1S/C19H14F3N5O3S/c1-26(31(28,29)15-5-3-2-4-14(15)20)12-6-8-13(9-7-12)30-17-11-10-16-23-24-19(18(21)22)27(16)25-17/h2-11,18H,1H3. The lowest BCUT2D eigenvalue weighted by molar-refractivity contribution is 0.137. The molecule has 0 bridgehead atoms. The van der Waals surface area contributed by atoms with Gasteiger partial charge in [0.25, 0.3) is 16.4 Å². The molecular formula is C19H14F3N5O3S. The topological polar surface area (TPSA) is 89.7 Å². The number of hydrogen-bond acceptors (Lipinski definition) is 6. The number of anilines is 1. The number of nitrogens with zero attached hydrogens (tertiary/aromatic N) is 5. The molecule has 8 nitrogen and oxygen atoms in total. The molecule has 0 saturated carbocycles. The van der Waals surface area contributed by atoms with E-state index in [4.69, 9.17) is 4.74 Å². The van der Waals surface area contributed by atoms with Crippen LogP contribution in [0.5, 0.6) is 11.6 Å². The summed E-state index contributed by atoms with van der Waals surface area (Å²) in [5.74, 6) is -1.18. The highest BCUT2D eigenvalue weighted by atomic mass is 32.2. The molecule has 2 aromatic heterocycles. The van der Waals surface area contributed by atoms with Gasteiger partial charge in [0.2, 0.25) is 11.7 Å². The second-order valence-electron chi connectivity index (χ2n) is 6.30. The number of hydrogen-bond donors (Lipinski definition) is 0. The first kappa shape index (κ1) is 20.6. The van der Waals surface area contributed by atoms with Gasteiger partial charge in [-0.3, -0.25) is 4.31 Å². The molecule has 4 aromatic rings. The number of halogens is 3. The highest BCUT2D eigenvalue weighted by Crippen LogP contribution is 2.27. The maximum absolute atomic E-state index is 13.9. The maximum atomic E-state index is 13.9. The molecule has 0 atom stereocenters. The molecule has 2 heterocycles. The van der Waals surface area contributed by atoms with E-state index in [1.54, 1.807) is 0 Å². The molecule has 0 N–H and O–H groups in total. The van der Waals surface area contributed by atoms with Crippen LogP contribution in [-0.4, -0.2) is 35.3 Å². The normalized spacial score (nSPS) is 11.8. The first-order chi connectivity index (χ1) is 14.8. The second kappa shape index (κ2) is 7.87. The van der Waals surface area contributed by atoms with Crippen LogP contribution in [-0.2, 0) is 10.0 Å². The minimum Gasteiger partial charge on any atom is -0.438 e. The van der Waals surface area contributed by atoms with Gasteiger partial charge in [-0.05, 0) is 42.5 Å². The summed E-state index contributed by atoms with van der Waals surface area (Å²) < 4.78 is 72.6. The summed E-state index contributed by atoms with van der Waals surface area (Å²) in [6.07, 6.45) is -2.86. The number of sulfonamides is 1. The Labute approximate surface area is 174 Å². The fourth-order valence-corrected chi connectivity index (χ4v) is 4.02. The summed E-state index contributed by atoms with van der Waals surface area (Å²) >= 11 is 0. The van der Waals surface area contributed by atoms with Gasteiger partial charge in [0, 0.05) is 13.1 Å².